The van der Waals surface area contributed by atoms with Gasteiger partial charge in [-0.3, -0.25) is 14.9 Å². The second kappa shape index (κ2) is 8.11. The fourth-order valence-electron chi connectivity index (χ4n) is 1.94. The zero-order valence-electron chi connectivity index (χ0n) is 13.6. The van der Waals surface area contributed by atoms with Crippen LogP contribution in [-0.2, 0) is 0 Å². The molecule has 0 bridgehead atoms. The number of rotatable bonds is 7. The first-order chi connectivity index (χ1) is 12.0. The van der Waals surface area contributed by atoms with Crippen LogP contribution in [0.5, 0.6) is 17.2 Å². The van der Waals surface area contributed by atoms with E-state index in [0.29, 0.717) is 22.1 Å². The third kappa shape index (κ3) is 4.23. The number of benzene rings is 1. The molecular weight excluding hydrogens is 350 g/mol. The molecule has 10 heteroatoms. The molecule has 0 unspecified atom stereocenters. The van der Waals surface area contributed by atoms with Crippen molar-refractivity contribution < 1.29 is 23.9 Å². The normalized spacial score (nSPS) is 10.5. The SMILES string of the molecule is COc1cc(C(=O)N/N=C/c2ccc([N+](=O)[O-])s2)cc(OC)c1OC. The fourth-order valence-corrected chi connectivity index (χ4v) is 2.63. The van der Waals surface area contributed by atoms with Crippen molar-refractivity contribution in [3.63, 3.8) is 0 Å². The van der Waals surface area contributed by atoms with Gasteiger partial charge in [0.1, 0.15) is 0 Å². The zero-order valence-corrected chi connectivity index (χ0v) is 14.5. The summed E-state index contributed by atoms with van der Waals surface area (Å²) in [6, 6.07) is 5.88. The van der Waals surface area contributed by atoms with Gasteiger partial charge in [0.05, 0.1) is 37.3 Å². The van der Waals surface area contributed by atoms with Crippen LogP contribution < -0.4 is 19.6 Å². The summed E-state index contributed by atoms with van der Waals surface area (Å²) >= 11 is 0.949. The molecule has 1 aromatic carbocycles. The number of thiophene rings is 1. The molecule has 0 aliphatic rings. The molecule has 9 nitrogen and oxygen atoms in total. The Bertz CT molecular complexity index is 792. The Morgan fingerprint density at radius 2 is 1.84 bits per heavy atom. The highest BCUT2D eigenvalue weighted by molar-refractivity contribution is 7.16. The molecule has 1 heterocycles. The minimum atomic E-state index is -0.499. The van der Waals surface area contributed by atoms with Crippen molar-refractivity contribution in [1.29, 1.82) is 0 Å². The van der Waals surface area contributed by atoms with Crippen molar-refractivity contribution in [2.24, 2.45) is 5.10 Å². The highest BCUT2D eigenvalue weighted by Gasteiger charge is 2.16. The highest BCUT2D eigenvalue weighted by atomic mass is 32.1. The molecule has 2 aromatic rings. The maximum Gasteiger partial charge on any atom is 0.324 e. The van der Waals surface area contributed by atoms with Gasteiger partial charge in [0.15, 0.2) is 11.5 Å². The van der Waals surface area contributed by atoms with E-state index in [1.807, 2.05) is 0 Å². The average molecular weight is 365 g/mol. The van der Waals surface area contributed by atoms with Crippen molar-refractivity contribution in [2.75, 3.05) is 21.3 Å². The predicted molar refractivity (Wildman–Crippen MR) is 92.1 cm³/mol. The monoisotopic (exact) mass is 365 g/mol. The lowest BCUT2D eigenvalue weighted by Gasteiger charge is -2.13. The number of hydrogen-bond acceptors (Lipinski definition) is 8. The average Bonchev–Trinajstić information content (AvgIpc) is 3.09. The van der Waals surface area contributed by atoms with E-state index in [2.05, 4.69) is 10.5 Å². The van der Waals surface area contributed by atoms with E-state index in [1.54, 1.807) is 0 Å². The Kier molecular flexibility index (Phi) is 5.90. The smallest absolute Gasteiger partial charge is 0.324 e. The molecule has 0 aliphatic carbocycles. The molecule has 0 spiro atoms. The van der Waals surface area contributed by atoms with E-state index in [4.69, 9.17) is 14.2 Å². The van der Waals surface area contributed by atoms with Gasteiger partial charge in [-0.2, -0.15) is 5.10 Å². The Hall–Kier alpha value is -3.14. The first kappa shape index (κ1) is 18.2. The van der Waals surface area contributed by atoms with Crippen LogP contribution in [0.1, 0.15) is 15.2 Å². The summed E-state index contributed by atoms with van der Waals surface area (Å²) < 4.78 is 15.6. The minimum Gasteiger partial charge on any atom is -0.493 e. The van der Waals surface area contributed by atoms with Crippen LogP contribution in [0.2, 0.25) is 0 Å². The summed E-state index contributed by atoms with van der Waals surface area (Å²) in [6.07, 6.45) is 1.33. The van der Waals surface area contributed by atoms with Crippen molar-refractivity contribution in [2.45, 2.75) is 0 Å². The van der Waals surface area contributed by atoms with E-state index in [9.17, 15) is 14.9 Å². The number of amides is 1. The van der Waals surface area contributed by atoms with Gasteiger partial charge < -0.3 is 14.2 Å². The number of hydrogen-bond donors (Lipinski definition) is 1. The number of methoxy groups -OCH3 is 3. The molecular formula is C15H15N3O6S. The standard InChI is InChI=1S/C15H15N3O6S/c1-22-11-6-9(7-12(23-2)14(11)24-3)15(19)17-16-8-10-4-5-13(25-10)18(20)21/h4-8H,1-3H3,(H,17,19)/b16-8+. The maximum absolute atomic E-state index is 12.2. The first-order valence-corrected chi connectivity index (χ1v) is 7.69. The van der Waals surface area contributed by atoms with Crippen LogP contribution in [-0.4, -0.2) is 38.4 Å². The Morgan fingerprint density at radius 3 is 2.32 bits per heavy atom. The van der Waals surface area contributed by atoms with E-state index < -0.39 is 10.8 Å². The lowest BCUT2D eigenvalue weighted by atomic mass is 10.1. The van der Waals surface area contributed by atoms with E-state index in [0.717, 1.165) is 11.3 Å². The molecule has 0 saturated carbocycles. The largest absolute Gasteiger partial charge is 0.493 e. The third-order valence-electron chi connectivity index (χ3n) is 3.08. The quantitative estimate of drug-likeness (QED) is 0.458. The number of nitro groups is 1. The number of hydrazone groups is 1. The van der Waals surface area contributed by atoms with E-state index >= 15 is 0 Å². The molecule has 1 aromatic heterocycles. The van der Waals surface area contributed by atoms with Crippen LogP contribution in [0.3, 0.4) is 0 Å². The zero-order chi connectivity index (χ0) is 18.4. The van der Waals surface area contributed by atoms with Gasteiger partial charge in [0.2, 0.25) is 5.75 Å². The van der Waals surface area contributed by atoms with Crippen molar-refractivity contribution in [3.8, 4) is 17.2 Å². The molecule has 0 radical (unpaired) electrons. The van der Waals surface area contributed by atoms with Crippen LogP contribution in [0.25, 0.3) is 0 Å². The lowest BCUT2D eigenvalue weighted by Crippen LogP contribution is -2.17. The van der Waals surface area contributed by atoms with Gasteiger partial charge in [0, 0.05) is 11.6 Å². The Balaban J connectivity index is 2.14. The summed E-state index contributed by atoms with van der Waals surface area (Å²) in [7, 11) is 4.35. The Labute approximate surface area is 147 Å². The van der Waals surface area contributed by atoms with Crippen LogP contribution >= 0.6 is 11.3 Å². The highest BCUT2D eigenvalue weighted by Crippen LogP contribution is 2.38. The molecule has 0 saturated heterocycles. The first-order valence-electron chi connectivity index (χ1n) is 6.87. The second-order valence-electron chi connectivity index (χ2n) is 4.55. The number of nitrogens with one attached hydrogen (secondary N) is 1. The van der Waals surface area contributed by atoms with Gasteiger partial charge in [-0.15, -0.1) is 0 Å². The maximum atomic E-state index is 12.2. The molecule has 132 valence electrons. The Morgan fingerprint density at radius 1 is 1.20 bits per heavy atom. The van der Waals surface area contributed by atoms with Gasteiger partial charge >= 0.3 is 5.00 Å². The van der Waals surface area contributed by atoms with Crippen LogP contribution in [0.15, 0.2) is 29.4 Å². The van der Waals surface area contributed by atoms with E-state index in [1.165, 1.54) is 51.8 Å². The fraction of sp³-hybridized carbons (Fsp3) is 0.200. The van der Waals surface area contributed by atoms with Crippen molar-refractivity contribution >= 4 is 28.5 Å². The summed E-state index contributed by atoms with van der Waals surface area (Å²) in [6.45, 7) is 0. The summed E-state index contributed by atoms with van der Waals surface area (Å²) in [5, 5.41) is 14.4. The topological polar surface area (TPSA) is 112 Å². The third-order valence-corrected chi connectivity index (χ3v) is 4.05. The molecule has 0 fully saturated rings. The number of nitrogens with zero attached hydrogens (tertiary/aromatic N) is 2. The molecule has 0 aliphatic heterocycles. The summed E-state index contributed by atoms with van der Waals surface area (Å²) in [4.78, 5) is 22.9. The second-order valence-corrected chi connectivity index (χ2v) is 5.64. The summed E-state index contributed by atoms with van der Waals surface area (Å²) in [5.74, 6) is 0.548. The molecule has 1 N–H and O–H groups in total. The summed E-state index contributed by atoms with van der Waals surface area (Å²) in [5.41, 5.74) is 2.59. The van der Waals surface area contributed by atoms with Gasteiger partial charge in [-0.05, 0) is 18.2 Å². The van der Waals surface area contributed by atoms with Crippen LogP contribution in [0.4, 0.5) is 5.00 Å². The predicted octanol–water partition coefficient (Wildman–Crippen LogP) is 2.45. The molecule has 25 heavy (non-hydrogen) atoms. The number of carbonyl (C=O) groups is 1. The minimum absolute atomic E-state index is 0.00240. The molecule has 0 atom stereocenters. The molecule has 2 rings (SSSR count). The number of carbonyl (C=O) groups excluding carboxylic acids is 1. The van der Waals surface area contributed by atoms with Gasteiger partial charge in [0.25, 0.3) is 5.91 Å². The van der Waals surface area contributed by atoms with Gasteiger partial charge in [-0.1, -0.05) is 11.3 Å². The lowest BCUT2D eigenvalue weighted by molar-refractivity contribution is -0.380. The van der Waals surface area contributed by atoms with Crippen molar-refractivity contribution in [3.05, 3.63) is 44.8 Å². The van der Waals surface area contributed by atoms with Gasteiger partial charge in [-0.25, -0.2) is 5.43 Å². The van der Waals surface area contributed by atoms with E-state index in [-0.39, 0.29) is 10.6 Å². The number of ether oxygens (including phenoxy) is 3. The van der Waals surface area contributed by atoms with Crippen LogP contribution in [0, 0.1) is 10.1 Å². The molecule has 1 amide bonds. The van der Waals surface area contributed by atoms with Crippen molar-refractivity contribution in [1.82, 2.24) is 5.43 Å².